The zero-order chi connectivity index (χ0) is 13.8. The summed E-state index contributed by atoms with van der Waals surface area (Å²) in [5, 5.41) is 14.2. The van der Waals surface area contributed by atoms with Crippen LogP contribution in [0, 0.1) is 5.92 Å². The van der Waals surface area contributed by atoms with E-state index in [9.17, 15) is 14.4 Å². The molecule has 0 radical (unpaired) electrons. The molecule has 1 unspecified atom stereocenters. The summed E-state index contributed by atoms with van der Waals surface area (Å²) in [6.07, 6.45) is 4.57. The van der Waals surface area contributed by atoms with Gasteiger partial charge in [-0.1, -0.05) is 12.8 Å². The average molecular weight is 269 g/mol. The van der Waals surface area contributed by atoms with Crippen molar-refractivity contribution >= 4 is 17.9 Å². The highest BCUT2D eigenvalue weighted by Crippen LogP contribution is 2.23. The lowest BCUT2D eigenvalue weighted by molar-refractivity contribution is -0.144. The van der Waals surface area contributed by atoms with Crippen molar-refractivity contribution in [3.05, 3.63) is 0 Å². The summed E-state index contributed by atoms with van der Waals surface area (Å²) in [6.45, 7) is 0.321. The third-order valence-corrected chi connectivity index (χ3v) is 3.75. The molecule has 1 saturated heterocycles. The number of aliphatic carboxylic acids is 1. The molecule has 1 atom stereocenters. The van der Waals surface area contributed by atoms with Crippen molar-refractivity contribution < 1.29 is 19.5 Å². The van der Waals surface area contributed by atoms with Crippen LogP contribution in [0.1, 0.15) is 25.7 Å². The van der Waals surface area contributed by atoms with E-state index in [0.29, 0.717) is 12.5 Å². The summed E-state index contributed by atoms with van der Waals surface area (Å²) >= 11 is 0. The third-order valence-electron chi connectivity index (χ3n) is 3.75. The summed E-state index contributed by atoms with van der Waals surface area (Å²) in [5.41, 5.74) is 0. The maximum absolute atomic E-state index is 12.0. The molecule has 0 aromatic carbocycles. The topological polar surface area (TPSA) is 98.7 Å². The molecule has 1 heterocycles. The van der Waals surface area contributed by atoms with Gasteiger partial charge in [-0.05, 0) is 18.8 Å². The Morgan fingerprint density at radius 2 is 2.05 bits per heavy atom. The second-order valence-electron chi connectivity index (χ2n) is 5.12. The first-order chi connectivity index (χ1) is 9.08. The molecule has 0 bridgehead atoms. The lowest BCUT2D eigenvalue weighted by atomic mass is 10.1. The van der Waals surface area contributed by atoms with Crippen molar-refractivity contribution in [2.24, 2.45) is 5.92 Å². The van der Waals surface area contributed by atoms with Gasteiger partial charge in [-0.3, -0.25) is 9.69 Å². The van der Waals surface area contributed by atoms with Gasteiger partial charge in [0, 0.05) is 13.1 Å². The molecule has 19 heavy (non-hydrogen) atoms. The number of hydrogen-bond donors (Lipinski definition) is 3. The van der Waals surface area contributed by atoms with Gasteiger partial charge < -0.3 is 15.7 Å². The van der Waals surface area contributed by atoms with Crippen molar-refractivity contribution in [1.82, 2.24) is 15.5 Å². The number of amides is 3. The van der Waals surface area contributed by atoms with Crippen LogP contribution in [0.2, 0.25) is 0 Å². The molecule has 2 aliphatic rings. The summed E-state index contributed by atoms with van der Waals surface area (Å²) in [5.74, 6) is -0.949. The van der Waals surface area contributed by atoms with E-state index in [2.05, 4.69) is 10.6 Å². The number of piperazine rings is 1. The number of hydrogen-bond acceptors (Lipinski definition) is 3. The Labute approximate surface area is 111 Å². The molecule has 3 N–H and O–H groups in total. The lowest BCUT2D eigenvalue weighted by Gasteiger charge is -2.32. The molecule has 0 aromatic heterocycles. The molecule has 106 valence electrons. The van der Waals surface area contributed by atoms with Gasteiger partial charge in [0.05, 0.1) is 0 Å². The van der Waals surface area contributed by atoms with Crippen LogP contribution in [0.25, 0.3) is 0 Å². The third kappa shape index (κ3) is 3.36. The second kappa shape index (κ2) is 5.90. The van der Waals surface area contributed by atoms with Crippen LogP contribution in [0.15, 0.2) is 0 Å². The van der Waals surface area contributed by atoms with E-state index in [-0.39, 0.29) is 19.0 Å². The van der Waals surface area contributed by atoms with Crippen LogP contribution in [0.3, 0.4) is 0 Å². The molecule has 2 fully saturated rings. The predicted octanol–water partition coefficient (Wildman–Crippen LogP) is -0.229. The fourth-order valence-corrected chi connectivity index (χ4v) is 2.62. The molecule has 1 aliphatic carbocycles. The normalized spacial score (nSPS) is 24.1. The highest BCUT2D eigenvalue weighted by molar-refractivity contribution is 5.90. The summed E-state index contributed by atoms with van der Waals surface area (Å²) in [7, 11) is 0. The molecule has 7 heteroatoms. The van der Waals surface area contributed by atoms with Crippen LogP contribution < -0.4 is 10.6 Å². The Balaban J connectivity index is 1.90. The molecule has 0 spiro atoms. The van der Waals surface area contributed by atoms with Crippen molar-refractivity contribution in [3.8, 4) is 0 Å². The van der Waals surface area contributed by atoms with E-state index in [1.807, 2.05) is 0 Å². The Hall–Kier alpha value is -1.79. The lowest BCUT2D eigenvalue weighted by Crippen LogP contribution is -2.61. The zero-order valence-corrected chi connectivity index (χ0v) is 10.7. The Morgan fingerprint density at radius 1 is 1.37 bits per heavy atom. The maximum atomic E-state index is 12.0. The highest BCUT2D eigenvalue weighted by Gasteiger charge is 2.35. The first-order valence-corrected chi connectivity index (χ1v) is 6.62. The first-order valence-electron chi connectivity index (χ1n) is 6.62. The van der Waals surface area contributed by atoms with Gasteiger partial charge in [0.2, 0.25) is 5.91 Å². The smallest absolute Gasteiger partial charge is 0.328 e. The number of carbonyl (C=O) groups is 3. The first kappa shape index (κ1) is 13.6. The van der Waals surface area contributed by atoms with E-state index < -0.39 is 18.0 Å². The quantitative estimate of drug-likeness (QED) is 0.659. The average Bonchev–Trinajstić information content (AvgIpc) is 2.88. The van der Waals surface area contributed by atoms with Crippen LogP contribution in [0.5, 0.6) is 0 Å². The minimum absolute atomic E-state index is 0.0367. The molecule has 3 amide bonds. The Morgan fingerprint density at radius 3 is 2.68 bits per heavy atom. The number of carbonyl (C=O) groups excluding carboxylic acids is 2. The largest absolute Gasteiger partial charge is 0.480 e. The predicted molar refractivity (Wildman–Crippen MR) is 66.5 cm³/mol. The SMILES string of the molecule is O=C1CN(C(=O)NCC2CCCC2)C(C(=O)O)CN1. The molecule has 7 nitrogen and oxygen atoms in total. The number of nitrogens with zero attached hydrogens (tertiary/aromatic N) is 1. The van der Waals surface area contributed by atoms with Crippen LogP contribution >= 0.6 is 0 Å². The number of urea groups is 1. The van der Waals surface area contributed by atoms with E-state index in [1.54, 1.807) is 0 Å². The number of carboxylic acids is 1. The van der Waals surface area contributed by atoms with Crippen molar-refractivity contribution in [1.29, 1.82) is 0 Å². The minimum Gasteiger partial charge on any atom is -0.480 e. The molecular formula is C12H19N3O4. The van der Waals surface area contributed by atoms with Gasteiger partial charge in [0.1, 0.15) is 12.6 Å². The van der Waals surface area contributed by atoms with Gasteiger partial charge in [-0.25, -0.2) is 9.59 Å². The molecular weight excluding hydrogens is 250 g/mol. The van der Waals surface area contributed by atoms with Crippen LogP contribution in [-0.4, -0.2) is 53.6 Å². The second-order valence-corrected chi connectivity index (χ2v) is 5.12. The van der Waals surface area contributed by atoms with Crippen molar-refractivity contribution in [3.63, 3.8) is 0 Å². The highest BCUT2D eigenvalue weighted by atomic mass is 16.4. The summed E-state index contributed by atoms with van der Waals surface area (Å²) in [6, 6.07) is -1.45. The molecule has 1 aliphatic heterocycles. The fourth-order valence-electron chi connectivity index (χ4n) is 2.62. The summed E-state index contributed by atoms with van der Waals surface area (Å²) < 4.78 is 0. The Kier molecular flexibility index (Phi) is 4.24. The van der Waals surface area contributed by atoms with Crippen LogP contribution in [-0.2, 0) is 9.59 Å². The zero-order valence-electron chi connectivity index (χ0n) is 10.7. The number of nitrogens with one attached hydrogen (secondary N) is 2. The fraction of sp³-hybridized carbons (Fsp3) is 0.750. The molecule has 0 aromatic rings. The van der Waals surface area contributed by atoms with Crippen molar-refractivity contribution in [2.75, 3.05) is 19.6 Å². The minimum atomic E-state index is -1.10. The molecule has 1 saturated carbocycles. The number of rotatable bonds is 3. The standard InChI is InChI=1S/C12H19N3O4/c16-10-7-15(9(6-13-10)11(17)18)12(19)14-5-8-3-1-2-4-8/h8-9H,1-7H2,(H,13,16)(H,14,19)(H,17,18). The van der Waals surface area contributed by atoms with Gasteiger partial charge in [0.25, 0.3) is 0 Å². The maximum Gasteiger partial charge on any atom is 0.328 e. The van der Waals surface area contributed by atoms with E-state index in [4.69, 9.17) is 5.11 Å². The van der Waals surface area contributed by atoms with Crippen molar-refractivity contribution in [2.45, 2.75) is 31.7 Å². The number of carboxylic acid groups (broad SMARTS) is 1. The van der Waals surface area contributed by atoms with Gasteiger partial charge in [-0.15, -0.1) is 0 Å². The van der Waals surface area contributed by atoms with Gasteiger partial charge >= 0.3 is 12.0 Å². The summed E-state index contributed by atoms with van der Waals surface area (Å²) in [4.78, 5) is 35.4. The van der Waals surface area contributed by atoms with E-state index in [1.165, 1.54) is 12.8 Å². The van der Waals surface area contributed by atoms with Crippen LogP contribution in [0.4, 0.5) is 4.79 Å². The Bertz CT molecular complexity index is 379. The monoisotopic (exact) mass is 269 g/mol. The molecule has 2 rings (SSSR count). The van der Waals surface area contributed by atoms with E-state index >= 15 is 0 Å². The van der Waals surface area contributed by atoms with Gasteiger partial charge in [-0.2, -0.15) is 0 Å². The van der Waals surface area contributed by atoms with E-state index in [0.717, 1.165) is 17.7 Å². The van der Waals surface area contributed by atoms with Gasteiger partial charge in [0.15, 0.2) is 0 Å².